The monoisotopic (exact) mass is 584 g/mol. The molecule has 1 aliphatic rings. The number of carbonyl (C=O) groups is 2. The van der Waals surface area contributed by atoms with Crippen LogP contribution >= 0.6 is 11.3 Å². The Balaban J connectivity index is 1.45. The van der Waals surface area contributed by atoms with Gasteiger partial charge < -0.3 is 19.0 Å². The number of anilines is 1. The molecule has 0 aliphatic carbocycles. The molecule has 2 aromatic heterocycles. The first-order valence-corrected chi connectivity index (χ1v) is 14.0. The van der Waals surface area contributed by atoms with Crippen molar-refractivity contribution in [1.82, 2.24) is 4.98 Å². The summed E-state index contributed by atoms with van der Waals surface area (Å²) in [7, 11) is 0. The maximum atomic E-state index is 14.0. The molecule has 6 rings (SSSR count). The van der Waals surface area contributed by atoms with Crippen LogP contribution in [0.2, 0.25) is 0 Å². The molecule has 42 heavy (non-hydrogen) atoms. The lowest BCUT2D eigenvalue weighted by atomic mass is 9.95. The van der Waals surface area contributed by atoms with Crippen LogP contribution in [0.5, 0.6) is 11.5 Å². The number of hydrogen-bond donors (Lipinski definition) is 1. The Morgan fingerprint density at radius 3 is 2.60 bits per heavy atom. The van der Waals surface area contributed by atoms with Crippen molar-refractivity contribution < 1.29 is 33.0 Å². The van der Waals surface area contributed by atoms with E-state index in [0.717, 1.165) is 16.9 Å². The predicted molar refractivity (Wildman–Crippen MR) is 156 cm³/mol. The average Bonchev–Trinajstić information content (AvgIpc) is 3.68. The van der Waals surface area contributed by atoms with E-state index in [-0.39, 0.29) is 16.5 Å². The van der Waals surface area contributed by atoms with Crippen molar-refractivity contribution in [3.63, 3.8) is 0 Å². The molecule has 1 atom stereocenters. The second-order valence-electron chi connectivity index (χ2n) is 9.60. The highest BCUT2D eigenvalue weighted by Gasteiger charge is 2.46. The summed E-state index contributed by atoms with van der Waals surface area (Å²) in [5.41, 5.74) is 1.75. The molecule has 5 aromatic rings. The largest absolute Gasteiger partial charge is 0.503 e. The van der Waals surface area contributed by atoms with Gasteiger partial charge in [-0.15, -0.1) is 0 Å². The number of carbonyl (C=O) groups excluding carboxylic acids is 2. The van der Waals surface area contributed by atoms with Crippen LogP contribution in [0.4, 0.5) is 9.52 Å². The number of rotatable bonds is 9. The number of benzene rings is 3. The molecule has 10 heteroatoms. The smallest absolute Gasteiger partial charge is 0.296 e. The number of aliphatic hydroxyl groups is 1. The minimum absolute atomic E-state index is 0.0204. The maximum absolute atomic E-state index is 14.0. The zero-order chi connectivity index (χ0) is 29.4. The number of hydrogen-bond acceptors (Lipinski definition) is 8. The lowest BCUT2D eigenvalue weighted by molar-refractivity contribution is -0.117. The highest BCUT2D eigenvalue weighted by Crippen LogP contribution is 2.46. The molecule has 0 bridgehead atoms. The average molecular weight is 585 g/mol. The Kier molecular flexibility index (Phi) is 7.22. The van der Waals surface area contributed by atoms with Gasteiger partial charge in [0.1, 0.15) is 18.2 Å². The van der Waals surface area contributed by atoms with Crippen molar-refractivity contribution in [1.29, 1.82) is 0 Å². The predicted octanol–water partition coefficient (Wildman–Crippen LogP) is 7.10. The quantitative estimate of drug-likeness (QED) is 0.184. The second kappa shape index (κ2) is 11.1. The molecular weight excluding hydrogens is 559 g/mol. The Morgan fingerprint density at radius 1 is 1.05 bits per heavy atom. The van der Waals surface area contributed by atoms with Gasteiger partial charge in [-0.3, -0.25) is 14.5 Å². The first-order valence-electron chi connectivity index (χ1n) is 13.2. The van der Waals surface area contributed by atoms with Gasteiger partial charge in [0.15, 0.2) is 28.1 Å². The number of ketones is 1. The zero-order valence-corrected chi connectivity index (χ0v) is 23.5. The van der Waals surface area contributed by atoms with Gasteiger partial charge in [-0.05, 0) is 67.4 Å². The van der Waals surface area contributed by atoms with Crippen LogP contribution in [0, 0.1) is 12.7 Å². The van der Waals surface area contributed by atoms with E-state index in [1.54, 1.807) is 31.2 Å². The van der Waals surface area contributed by atoms with E-state index < -0.39 is 29.3 Å². The van der Waals surface area contributed by atoms with Gasteiger partial charge in [0.2, 0.25) is 5.78 Å². The first kappa shape index (κ1) is 27.2. The van der Waals surface area contributed by atoms with E-state index in [1.165, 1.54) is 29.2 Å². The minimum Gasteiger partial charge on any atom is -0.503 e. The number of aromatic nitrogens is 1. The van der Waals surface area contributed by atoms with Crippen molar-refractivity contribution in [3.8, 4) is 11.5 Å². The lowest BCUT2D eigenvalue weighted by Gasteiger charge is -2.25. The van der Waals surface area contributed by atoms with Crippen LogP contribution in [0.1, 0.15) is 40.4 Å². The number of thiazole rings is 1. The molecule has 0 fully saturated rings. The van der Waals surface area contributed by atoms with Gasteiger partial charge in [-0.1, -0.05) is 47.7 Å². The highest BCUT2D eigenvalue weighted by molar-refractivity contribution is 7.22. The molecule has 0 saturated carbocycles. The van der Waals surface area contributed by atoms with E-state index in [1.807, 2.05) is 37.3 Å². The van der Waals surface area contributed by atoms with Crippen molar-refractivity contribution in [2.75, 3.05) is 11.5 Å². The fourth-order valence-electron chi connectivity index (χ4n) is 4.85. The standard InChI is InChI=1S/C32H25FN2O6S/c1-3-39-25-15-20(10-14-23(25)40-17-19-7-5-4-6-8-19)28-27(29(36)24-13-9-18(2)41-24)30(37)31(38)35(28)32-34-22-12-11-21(33)16-26(22)42-32/h4-16,28,37H,3,17H2,1-2H3. The minimum atomic E-state index is -1.08. The van der Waals surface area contributed by atoms with Gasteiger partial charge in [0.05, 0.1) is 28.4 Å². The number of furan rings is 1. The van der Waals surface area contributed by atoms with Crippen LogP contribution in [0.15, 0.2) is 94.6 Å². The lowest BCUT2D eigenvalue weighted by Crippen LogP contribution is -2.31. The van der Waals surface area contributed by atoms with Crippen LogP contribution in [0.3, 0.4) is 0 Å². The molecule has 0 spiro atoms. The van der Waals surface area contributed by atoms with E-state index >= 15 is 0 Å². The molecule has 8 nitrogen and oxygen atoms in total. The molecule has 3 heterocycles. The van der Waals surface area contributed by atoms with Gasteiger partial charge in [0, 0.05) is 0 Å². The number of amides is 1. The SMILES string of the molecule is CCOc1cc(C2C(C(=O)c3ccc(C)o3)=C(O)C(=O)N2c2nc3ccc(F)cc3s2)ccc1OCc1ccccc1. The summed E-state index contributed by atoms with van der Waals surface area (Å²) < 4.78 is 32.0. The van der Waals surface area contributed by atoms with Crippen molar-refractivity contribution in [2.45, 2.75) is 26.5 Å². The number of fused-ring (bicyclic) bond motifs is 1. The summed E-state index contributed by atoms with van der Waals surface area (Å²) in [6.45, 7) is 4.16. The third-order valence-corrected chi connectivity index (χ3v) is 7.80. The number of aliphatic hydroxyl groups excluding tert-OH is 1. The third kappa shape index (κ3) is 5.01. The fourth-order valence-corrected chi connectivity index (χ4v) is 5.86. The first-order chi connectivity index (χ1) is 20.3. The summed E-state index contributed by atoms with van der Waals surface area (Å²) in [5, 5.41) is 11.3. The van der Waals surface area contributed by atoms with Gasteiger partial charge in [0.25, 0.3) is 5.91 Å². The van der Waals surface area contributed by atoms with Crippen LogP contribution in [-0.4, -0.2) is 28.4 Å². The number of nitrogens with zero attached hydrogens (tertiary/aromatic N) is 2. The summed E-state index contributed by atoms with van der Waals surface area (Å²) in [6, 6.07) is 20.9. The van der Waals surface area contributed by atoms with Crippen molar-refractivity contribution in [2.24, 2.45) is 0 Å². The number of halogens is 1. The van der Waals surface area contributed by atoms with Crippen LogP contribution in [-0.2, 0) is 11.4 Å². The van der Waals surface area contributed by atoms with E-state index in [9.17, 15) is 19.1 Å². The van der Waals surface area contributed by atoms with Crippen molar-refractivity contribution >= 4 is 38.4 Å². The number of Topliss-reactive ketones (excluding diaryl/α,β-unsaturated/α-hetero) is 1. The second-order valence-corrected chi connectivity index (χ2v) is 10.6. The molecule has 0 radical (unpaired) electrons. The molecule has 212 valence electrons. The maximum Gasteiger partial charge on any atom is 0.296 e. The van der Waals surface area contributed by atoms with E-state index in [0.29, 0.717) is 46.3 Å². The molecular formula is C32H25FN2O6S. The van der Waals surface area contributed by atoms with Gasteiger partial charge in [-0.2, -0.15) is 0 Å². The van der Waals surface area contributed by atoms with Gasteiger partial charge >= 0.3 is 0 Å². The fraction of sp³-hybridized carbons (Fsp3) is 0.156. The zero-order valence-electron chi connectivity index (χ0n) is 22.7. The summed E-state index contributed by atoms with van der Waals surface area (Å²) in [5.74, 6) is -1.26. The molecule has 0 saturated heterocycles. The summed E-state index contributed by atoms with van der Waals surface area (Å²) in [6.07, 6.45) is 0. The number of ether oxygens (including phenoxy) is 2. The Labute approximate surface area is 244 Å². The van der Waals surface area contributed by atoms with E-state index in [2.05, 4.69) is 4.98 Å². The highest BCUT2D eigenvalue weighted by atomic mass is 32.1. The topological polar surface area (TPSA) is 102 Å². The third-order valence-electron chi connectivity index (χ3n) is 6.78. The Morgan fingerprint density at radius 2 is 1.86 bits per heavy atom. The van der Waals surface area contributed by atoms with Crippen LogP contribution in [0.25, 0.3) is 10.2 Å². The molecule has 1 N–H and O–H groups in total. The summed E-state index contributed by atoms with van der Waals surface area (Å²) in [4.78, 5) is 33.1. The van der Waals surface area contributed by atoms with Gasteiger partial charge in [-0.25, -0.2) is 9.37 Å². The van der Waals surface area contributed by atoms with Crippen LogP contribution < -0.4 is 14.4 Å². The Bertz CT molecular complexity index is 1840. The molecule has 1 aliphatic heterocycles. The summed E-state index contributed by atoms with van der Waals surface area (Å²) >= 11 is 1.08. The normalized spacial score (nSPS) is 15.1. The molecule has 1 amide bonds. The Hall–Kier alpha value is -4.96. The number of aryl methyl sites for hydroxylation is 1. The molecule has 1 unspecified atom stereocenters. The van der Waals surface area contributed by atoms with Crippen molar-refractivity contribution in [3.05, 3.63) is 119 Å². The molecule has 3 aromatic carbocycles. The van der Waals surface area contributed by atoms with E-state index in [4.69, 9.17) is 13.9 Å².